The van der Waals surface area contributed by atoms with Crippen LogP contribution in [0.25, 0.3) is 0 Å². The zero-order valence-corrected chi connectivity index (χ0v) is 18.5. The first-order valence-electron chi connectivity index (χ1n) is 9.42. The summed E-state index contributed by atoms with van der Waals surface area (Å²) in [5, 5.41) is 12.7. The van der Waals surface area contributed by atoms with Gasteiger partial charge in [0.05, 0.1) is 12.9 Å². The molecule has 3 rings (SSSR count). The van der Waals surface area contributed by atoms with Crippen molar-refractivity contribution in [2.45, 2.75) is 31.7 Å². The van der Waals surface area contributed by atoms with E-state index in [4.69, 9.17) is 21.1 Å². The minimum atomic E-state index is -0.342. The quantitative estimate of drug-likeness (QED) is 0.474. The summed E-state index contributed by atoms with van der Waals surface area (Å²) in [4.78, 5) is 12.3. The average Bonchev–Trinajstić information content (AvgIpc) is 3.17. The van der Waals surface area contributed by atoms with E-state index in [1.165, 1.54) is 11.8 Å². The van der Waals surface area contributed by atoms with Crippen LogP contribution in [-0.2, 0) is 11.3 Å². The summed E-state index contributed by atoms with van der Waals surface area (Å²) in [6.45, 7) is 4.56. The van der Waals surface area contributed by atoms with Crippen LogP contribution in [0.3, 0.4) is 0 Å². The lowest BCUT2D eigenvalue weighted by atomic mass is 10.3. The summed E-state index contributed by atoms with van der Waals surface area (Å²) in [5.74, 6) is 2.05. The number of carbonyl (C=O) groups excluding carboxylic acids is 1. The number of ether oxygens (including phenoxy) is 2. The van der Waals surface area contributed by atoms with Crippen LogP contribution in [0.5, 0.6) is 11.5 Å². The van der Waals surface area contributed by atoms with Gasteiger partial charge in [-0.05, 0) is 50.2 Å². The number of aromatic nitrogens is 3. The number of benzene rings is 2. The molecule has 1 heterocycles. The van der Waals surface area contributed by atoms with Gasteiger partial charge in [0.15, 0.2) is 28.6 Å². The molecule has 1 atom stereocenters. The van der Waals surface area contributed by atoms with Crippen molar-refractivity contribution in [3.63, 3.8) is 0 Å². The molecule has 1 amide bonds. The highest BCUT2D eigenvalue weighted by Crippen LogP contribution is 2.31. The Morgan fingerprint density at radius 1 is 1.17 bits per heavy atom. The molecule has 1 N–H and O–H groups in total. The van der Waals surface area contributed by atoms with Crippen molar-refractivity contribution >= 4 is 35.0 Å². The predicted molar refractivity (Wildman–Crippen MR) is 119 cm³/mol. The van der Waals surface area contributed by atoms with Crippen LogP contribution in [0.2, 0.25) is 5.02 Å². The van der Waals surface area contributed by atoms with Crippen molar-refractivity contribution in [2.24, 2.45) is 0 Å². The minimum absolute atomic E-state index is 0.132. The number of carbonyl (C=O) groups is 1. The maximum Gasteiger partial charge on any atom is 0.234 e. The molecule has 30 heavy (non-hydrogen) atoms. The van der Waals surface area contributed by atoms with Crippen LogP contribution in [-0.4, -0.2) is 33.5 Å². The molecule has 0 saturated heterocycles. The minimum Gasteiger partial charge on any atom is -0.493 e. The summed E-state index contributed by atoms with van der Waals surface area (Å²) in [7, 11) is 1.60. The Hall–Kier alpha value is -2.71. The first kappa shape index (κ1) is 22.0. The second-order valence-corrected chi connectivity index (χ2v) is 7.72. The lowest BCUT2D eigenvalue weighted by Gasteiger charge is -2.17. The molecule has 0 aliphatic heterocycles. The number of rotatable bonds is 9. The van der Waals surface area contributed by atoms with Crippen LogP contribution < -0.4 is 14.8 Å². The third kappa shape index (κ3) is 5.46. The van der Waals surface area contributed by atoms with Crippen molar-refractivity contribution in [1.29, 1.82) is 0 Å². The number of halogens is 1. The molecule has 0 aliphatic carbocycles. The molecule has 7 nitrogen and oxygen atoms in total. The van der Waals surface area contributed by atoms with E-state index in [0.717, 1.165) is 0 Å². The molecule has 2 aromatic carbocycles. The summed E-state index contributed by atoms with van der Waals surface area (Å²) < 4.78 is 13.3. The molecular weight excluding hydrogens is 424 g/mol. The molecule has 0 bridgehead atoms. The van der Waals surface area contributed by atoms with Crippen LogP contribution in [0, 0.1) is 0 Å². The van der Waals surface area contributed by atoms with E-state index >= 15 is 0 Å². The SMILES string of the molecule is CCn1c(SCC(=O)Nc2ccc(Cl)cc2)nnc1C(C)Oc1ccccc1OC. The highest BCUT2D eigenvalue weighted by Gasteiger charge is 2.20. The van der Waals surface area contributed by atoms with E-state index < -0.39 is 0 Å². The number of nitrogens with one attached hydrogen (secondary N) is 1. The Morgan fingerprint density at radius 3 is 2.53 bits per heavy atom. The van der Waals surface area contributed by atoms with Crippen LogP contribution >= 0.6 is 23.4 Å². The summed E-state index contributed by atoms with van der Waals surface area (Å²) in [6.07, 6.45) is -0.342. The number of amides is 1. The summed E-state index contributed by atoms with van der Waals surface area (Å²) >= 11 is 7.19. The summed E-state index contributed by atoms with van der Waals surface area (Å²) in [6, 6.07) is 14.4. The average molecular weight is 447 g/mol. The van der Waals surface area contributed by atoms with Crippen molar-refractivity contribution in [3.05, 3.63) is 59.4 Å². The van der Waals surface area contributed by atoms with Gasteiger partial charge >= 0.3 is 0 Å². The van der Waals surface area contributed by atoms with Crippen LogP contribution in [0.15, 0.2) is 53.7 Å². The fourth-order valence-electron chi connectivity index (χ4n) is 2.82. The molecule has 158 valence electrons. The molecule has 0 saturated carbocycles. The predicted octanol–water partition coefficient (Wildman–Crippen LogP) is 4.83. The largest absolute Gasteiger partial charge is 0.493 e. The highest BCUT2D eigenvalue weighted by atomic mass is 35.5. The number of anilines is 1. The fraction of sp³-hybridized carbons (Fsp3) is 0.286. The maximum atomic E-state index is 12.3. The molecule has 0 aliphatic rings. The second-order valence-electron chi connectivity index (χ2n) is 6.34. The molecule has 0 fully saturated rings. The van der Waals surface area contributed by atoms with Gasteiger partial charge in [-0.2, -0.15) is 0 Å². The number of thioether (sulfide) groups is 1. The van der Waals surface area contributed by atoms with Crippen LogP contribution in [0.4, 0.5) is 5.69 Å². The van der Waals surface area contributed by atoms with Crippen molar-refractivity contribution in [2.75, 3.05) is 18.2 Å². The zero-order chi connectivity index (χ0) is 21.5. The monoisotopic (exact) mass is 446 g/mol. The van der Waals surface area contributed by atoms with Crippen LogP contribution in [0.1, 0.15) is 25.8 Å². The van der Waals surface area contributed by atoms with Gasteiger partial charge in [-0.25, -0.2) is 0 Å². The maximum absolute atomic E-state index is 12.3. The lowest BCUT2D eigenvalue weighted by molar-refractivity contribution is -0.113. The standard InChI is InChI=1S/C21H23ClN4O3S/c1-4-26-20(14(2)29-18-8-6-5-7-17(18)28-3)24-25-21(26)30-13-19(27)23-16-11-9-15(22)10-12-16/h5-12,14H,4,13H2,1-3H3,(H,23,27). The van der Waals surface area contributed by atoms with Gasteiger partial charge in [-0.1, -0.05) is 35.5 Å². The summed E-state index contributed by atoms with van der Waals surface area (Å²) in [5.41, 5.74) is 0.696. The molecule has 1 unspecified atom stereocenters. The first-order chi connectivity index (χ1) is 14.5. The molecular formula is C21H23ClN4O3S. The first-order valence-corrected chi connectivity index (χ1v) is 10.8. The van der Waals surface area contributed by atoms with Gasteiger partial charge in [-0.15, -0.1) is 10.2 Å². The molecule has 0 spiro atoms. The van der Waals surface area contributed by atoms with E-state index in [1.54, 1.807) is 31.4 Å². The normalized spacial score (nSPS) is 11.7. The van der Waals surface area contributed by atoms with Gasteiger partial charge in [0, 0.05) is 17.3 Å². The van der Waals surface area contributed by atoms with Crippen molar-refractivity contribution < 1.29 is 14.3 Å². The van der Waals surface area contributed by atoms with Gasteiger partial charge in [-0.3, -0.25) is 4.79 Å². The molecule has 0 radical (unpaired) electrons. The van der Waals surface area contributed by atoms with Gasteiger partial charge in [0.2, 0.25) is 5.91 Å². The Labute approximate surface area is 184 Å². The number of methoxy groups -OCH3 is 1. The van der Waals surface area contributed by atoms with E-state index in [2.05, 4.69) is 15.5 Å². The zero-order valence-electron chi connectivity index (χ0n) is 17.0. The third-order valence-corrected chi connectivity index (χ3v) is 5.48. The number of nitrogens with zero attached hydrogens (tertiary/aromatic N) is 3. The Bertz CT molecular complexity index is 994. The fourth-order valence-corrected chi connectivity index (χ4v) is 3.76. The van der Waals surface area contributed by atoms with Gasteiger partial charge in [0.25, 0.3) is 0 Å². The molecule has 3 aromatic rings. The van der Waals surface area contributed by atoms with E-state index in [0.29, 0.717) is 39.7 Å². The highest BCUT2D eigenvalue weighted by molar-refractivity contribution is 7.99. The Kier molecular flexibility index (Phi) is 7.59. The topological polar surface area (TPSA) is 78.3 Å². The van der Waals surface area contributed by atoms with E-state index in [9.17, 15) is 4.79 Å². The molecule has 9 heteroatoms. The van der Waals surface area contributed by atoms with Crippen molar-refractivity contribution in [1.82, 2.24) is 14.8 Å². The van der Waals surface area contributed by atoms with E-state index in [-0.39, 0.29) is 17.8 Å². The Balaban J connectivity index is 1.64. The van der Waals surface area contributed by atoms with Crippen molar-refractivity contribution in [3.8, 4) is 11.5 Å². The van der Waals surface area contributed by atoms with Gasteiger partial charge in [0.1, 0.15) is 0 Å². The number of hydrogen-bond donors (Lipinski definition) is 1. The second kappa shape index (κ2) is 10.4. The number of hydrogen-bond acceptors (Lipinski definition) is 6. The smallest absolute Gasteiger partial charge is 0.234 e. The van der Waals surface area contributed by atoms with Gasteiger partial charge < -0.3 is 19.4 Å². The third-order valence-electron chi connectivity index (χ3n) is 4.26. The molecule has 1 aromatic heterocycles. The Morgan fingerprint density at radius 2 is 1.87 bits per heavy atom. The van der Waals surface area contributed by atoms with E-state index in [1.807, 2.05) is 42.7 Å². The lowest BCUT2D eigenvalue weighted by Crippen LogP contribution is -2.15. The number of para-hydroxylation sites is 2.